The second-order valence-corrected chi connectivity index (χ2v) is 4.19. The van der Waals surface area contributed by atoms with E-state index in [2.05, 4.69) is 15.4 Å². The third-order valence-electron chi connectivity index (χ3n) is 2.47. The number of ether oxygens (including phenoxy) is 1. The molecule has 0 unspecified atom stereocenters. The highest BCUT2D eigenvalue weighted by Crippen LogP contribution is 2.12. The quantitative estimate of drug-likeness (QED) is 0.772. The minimum absolute atomic E-state index is 0.0486. The van der Waals surface area contributed by atoms with Crippen LogP contribution in [0, 0.1) is 6.92 Å². The van der Waals surface area contributed by atoms with Gasteiger partial charge in [0.25, 0.3) is 0 Å². The molecule has 0 bridgehead atoms. The Morgan fingerprint density at radius 1 is 1.40 bits per heavy atom. The van der Waals surface area contributed by atoms with E-state index in [4.69, 9.17) is 9.84 Å². The van der Waals surface area contributed by atoms with Gasteiger partial charge in [0.05, 0.1) is 12.1 Å². The number of aryl methyl sites for hydroxylation is 1. The van der Waals surface area contributed by atoms with Gasteiger partial charge in [0.1, 0.15) is 18.5 Å². The van der Waals surface area contributed by atoms with E-state index in [0.717, 1.165) is 0 Å². The van der Waals surface area contributed by atoms with E-state index in [0.29, 0.717) is 11.6 Å². The van der Waals surface area contributed by atoms with Crippen molar-refractivity contribution < 1.29 is 19.7 Å². The predicted molar refractivity (Wildman–Crippen MR) is 67.5 cm³/mol. The molecule has 106 valence electrons. The Kier molecular flexibility index (Phi) is 4.26. The van der Waals surface area contributed by atoms with E-state index in [1.807, 2.05) is 0 Å². The number of carbonyl (C=O) groups is 1. The first-order chi connectivity index (χ1) is 9.54. The summed E-state index contributed by atoms with van der Waals surface area (Å²) < 4.78 is 5.35. The lowest BCUT2D eigenvalue weighted by molar-refractivity contribution is 0.0696. The Morgan fingerprint density at radius 3 is 2.65 bits per heavy atom. The summed E-state index contributed by atoms with van der Waals surface area (Å²) in [6.07, 6.45) is -0.789. The Hall–Kier alpha value is -2.48. The van der Waals surface area contributed by atoms with Gasteiger partial charge in [-0.25, -0.2) is 4.79 Å². The minimum Gasteiger partial charge on any atom is -0.491 e. The molecule has 0 saturated carbocycles. The first kappa shape index (κ1) is 13.9. The van der Waals surface area contributed by atoms with Crippen LogP contribution >= 0.6 is 0 Å². The van der Waals surface area contributed by atoms with Crippen LogP contribution in [0.3, 0.4) is 0 Å². The van der Waals surface area contributed by atoms with Crippen molar-refractivity contribution in [1.29, 1.82) is 0 Å². The number of aromatic nitrogens is 4. The topological polar surface area (TPSA) is 110 Å². The van der Waals surface area contributed by atoms with Gasteiger partial charge in [0.2, 0.25) is 0 Å². The van der Waals surface area contributed by atoms with Gasteiger partial charge in [-0.1, -0.05) is 0 Å². The summed E-state index contributed by atoms with van der Waals surface area (Å²) in [5.41, 5.74) is 0.181. The summed E-state index contributed by atoms with van der Waals surface area (Å²) >= 11 is 0. The van der Waals surface area contributed by atoms with Crippen molar-refractivity contribution >= 4 is 5.97 Å². The van der Waals surface area contributed by atoms with Crippen LogP contribution in [-0.2, 0) is 6.54 Å². The number of tetrazole rings is 1. The summed E-state index contributed by atoms with van der Waals surface area (Å²) in [4.78, 5) is 12.0. The molecule has 0 aliphatic carbocycles. The van der Waals surface area contributed by atoms with Crippen LogP contribution in [0.4, 0.5) is 0 Å². The van der Waals surface area contributed by atoms with Crippen molar-refractivity contribution in [2.75, 3.05) is 6.61 Å². The van der Waals surface area contributed by atoms with Gasteiger partial charge in [-0.3, -0.25) is 0 Å². The standard InChI is InChI=1S/C12H14N4O4/c1-8-13-15-16(14-8)6-10(17)7-20-11-4-2-9(3-5-11)12(18)19/h2-5,10,17H,6-7H2,1H3,(H,18,19)/t10-/m1/s1. The molecule has 1 aromatic carbocycles. The number of hydrogen-bond acceptors (Lipinski definition) is 6. The first-order valence-corrected chi connectivity index (χ1v) is 5.93. The number of carboxylic acids is 1. The van der Waals surface area contributed by atoms with Gasteiger partial charge in [0.15, 0.2) is 5.82 Å². The second kappa shape index (κ2) is 6.11. The van der Waals surface area contributed by atoms with Gasteiger partial charge in [-0.2, -0.15) is 4.80 Å². The zero-order valence-corrected chi connectivity index (χ0v) is 10.8. The number of aliphatic hydroxyl groups is 1. The largest absolute Gasteiger partial charge is 0.491 e. The SMILES string of the molecule is Cc1nnn(C[C@@H](O)COc2ccc(C(=O)O)cc2)n1. The van der Waals surface area contributed by atoms with E-state index >= 15 is 0 Å². The zero-order valence-electron chi connectivity index (χ0n) is 10.8. The molecule has 0 spiro atoms. The van der Waals surface area contributed by atoms with E-state index < -0.39 is 12.1 Å². The number of nitrogens with zero attached hydrogens (tertiary/aromatic N) is 4. The van der Waals surface area contributed by atoms with Gasteiger partial charge in [-0.15, -0.1) is 10.2 Å². The third kappa shape index (κ3) is 3.75. The lowest BCUT2D eigenvalue weighted by atomic mass is 10.2. The van der Waals surface area contributed by atoms with E-state index in [1.54, 1.807) is 6.92 Å². The van der Waals surface area contributed by atoms with Crippen LogP contribution in [0.15, 0.2) is 24.3 Å². The van der Waals surface area contributed by atoms with Crippen LogP contribution in [-0.4, -0.2) is 49.1 Å². The minimum atomic E-state index is -0.996. The van der Waals surface area contributed by atoms with Crippen molar-refractivity contribution in [2.24, 2.45) is 0 Å². The fourth-order valence-corrected chi connectivity index (χ4v) is 1.53. The number of carboxylic acid groups (broad SMARTS) is 1. The van der Waals surface area contributed by atoms with Crippen LogP contribution in [0.25, 0.3) is 0 Å². The molecule has 1 heterocycles. The molecule has 1 aromatic heterocycles. The summed E-state index contributed by atoms with van der Waals surface area (Å²) in [6, 6.07) is 5.95. The maximum absolute atomic E-state index is 10.7. The Bertz CT molecular complexity index is 581. The Morgan fingerprint density at radius 2 is 2.10 bits per heavy atom. The van der Waals surface area contributed by atoms with Crippen molar-refractivity contribution in [2.45, 2.75) is 19.6 Å². The smallest absolute Gasteiger partial charge is 0.335 e. The molecule has 0 aliphatic heterocycles. The van der Waals surface area contributed by atoms with Crippen molar-refractivity contribution in [1.82, 2.24) is 20.2 Å². The van der Waals surface area contributed by atoms with E-state index in [9.17, 15) is 9.90 Å². The molecule has 2 aromatic rings. The lowest BCUT2D eigenvalue weighted by Crippen LogP contribution is -2.25. The molecule has 0 saturated heterocycles. The van der Waals surface area contributed by atoms with Gasteiger partial charge < -0.3 is 14.9 Å². The molecule has 1 atom stereocenters. The van der Waals surface area contributed by atoms with Crippen LogP contribution in [0.5, 0.6) is 5.75 Å². The highest BCUT2D eigenvalue weighted by Gasteiger charge is 2.09. The van der Waals surface area contributed by atoms with Gasteiger partial charge in [-0.05, 0) is 36.4 Å². The molecule has 8 nitrogen and oxygen atoms in total. The Balaban J connectivity index is 1.83. The van der Waals surface area contributed by atoms with Gasteiger partial charge in [0, 0.05) is 0 Å². The van der Waals surface area contributed by atoms with Crippen LogP contribution < -0.4 is 4.74 Å². The van der Waals surface area contributed by atoms with E-state index in [1.165, 1.54) is 29.1 Å². The predicted octanol–water partition coefficient (Wildman–Crippen LogP) is 0.120. The molecule has 0 radical (unpaired) electrons. The van der Waals surface area contributed by atoms with Crippen molar-refractivity contribution in [3.8, 4) is 5.75 Å². The molecule has 2 N–H and O–H groups in total. The number of rotatable bonds is 6. The maximum atomic E-state index is 10.7. The first-order valence-electron chi connectivity index (χ1n) is 5.93. The summed E-state index contributed by atoms with van der Waals surface area (Å²) in [5, 5.41) is 29.9. The monoisotopic (exact) mass is 278 g/mol. The molecule has 2 rings (SSSR count). The fourth-order valence-electron chi connectivity index (χ4n) is 1.53. The van der Waals surface area contributed by atoms with Crippen LogP contribution in [0.2, 0.25) is 0 Å². The number of aliphatic hydroxyl groups excluding tert-OH is 1. The zero-order chi connectivity index (χ0) is 14.5. The van der Waals surface area contributed by atoms with Crippen molar-refractivity contribution in [3.05, 3.63) is 35.7 Å². The molecule has 20 heavy (non-hydrogen) atoms. The van der Waals surface area contributed by atoms with Crippen molar-refractivity contribution in [3.63, 3.8) is 0 Å². The summed E-state index contributed by atoms with van der Waals surface area (Å²) in [6.45, 7) is 1.93. The van der Waals surface area contributed by atoms with Gasteiger partial charge >= 0.3 is 5.97 Å². The summed E-state index contributed by atoms with van der Waals surface area (Å²) in [7, 11) is 0. The number of aromatic carboxylic acids is 1. The highest BCUT2D eigenvalue weighted by molar-refractivity contribution is 5.87. The number of benzene rings is 1. The summed E-state index contributed by atoms with van der Waals surface area (Å²) in [5.74, 6) is 0.0170. The second-order valence-electron chi connectivity index (χ2n) is 4.19. The van der Waals surface area contributed by atoms with E-state index in [-0.39, 0.29) is 18.7 Å². The lowest BCUT2D eigenvalue weighted by Gasteiger charge is -2.11. The molecule has 0 fully saturated rings. The molecule has 0 aliphatic rings. The molecule has 8 heteroatoms. The number of hydrogen-bond donors (Lipinski definition) is 2. The normalized spacial score (nSPS) is 12.1. The average Bonchev–Trinajstić information content (AvgIpc) is 2.82. The average molecular weight is 278 g/mol. The molecular formula is C12H14N4O4. The van der Waals surface area contributed by atoms with Crippen LogP contribution in [0.1, 0.15) is 16.2 Å². The Labute approximate surface area is 114 Å². The molecular weight excluding hydrogens is 264 g/mol. The maximum Gasteiger partial charge on any atom is 0.335 e. The highest BCUT2D eigenvalue weighted by atomic mass is 16.5. The molecule has 0 amide bonds. The third-order valence-corrected chi connectivity index (χ3v) is 2.47. The fraction of sp³-hybridized carbons (Fsp3) is 0.333.